The van der Waals surface area contributed by atoms with Crippen LogP contribution in [0.5, 0.6) is 0 Å². The molecule has 1 aromatic heterocycles. The molecule has 0 bridgehead atoms. The summed E-state index contributed by atoms with van der Waals surface area (Å²) in [6, 6.07) is 0. The summed E-state index contributed by atoms with van der Waals surface area (Å²) >= 11 is 0. The summed E-state index contributed by atoms with van der Waals surface area (Å²) in [6.45, 7) is 3.02. The van der Waals surface area contributed by atoms with Gasteiger partial charge in [0.2, 0.25) is 0 Å². The molecule has 0 aliphatic carbocycles. The third-order valence-electron chi connectivity index (χ3n) is 1.66. The average molecular weight is 168 g/mol. The Balaban J connectivity index is 1.96. The van der Waals surface area contributed by atoms with Gasteiger partial charge in [0.15, 0.2) is 0 Å². The summed E-state index contributed by atoms with van der Waals surface area (Å²) in [5.41, 5.74) is 1.21. The molecule has 1 rings (SSSR count). The predicted octanol–water partition coefficient (Wildman–Crippen LogP) is 0.109. The van der Waals surface area contributed by atoms with E-state index in [1.807, 2.05) is 19.4 Å². The van der Waals surface area contributed by atoms with E-state index in [9.17, 15) is 0 Å². The van der Waals surface area contributed by atoms with Gasteiger partial charge in [0.05, 0.1) is 6.20 Å². The number of hydrogen-bond donors (Lipinski definition) is 3. The minimum Gasteiger partial charge on any atom is -0.320 e. The fourth-order valence-electron chi connectivity index (χ4n) is 0.997. The first-order chi connectivity index (χ1) is 5.93. The second kappa shape index (κ2) is 5.74. The van der Waals surface area contributed by atoms with Crippen LogP contribution in [0, 0.1) is 0 Å². The Kier molecular flexibility index (Phi) is 4.41. The van der Waals surface area contributed by atoms with Crippen LogP contribution >= 0.6 is 0 Å². The zero-order valence-electron chi connectivity index (χ0n) is 7.43. The normalized spacial score (nSPS) is 10.4. The van der Waals surface area contributed by atoms with Gasteiger partial charge in [-0.15, -0.1) is 0 Å². The zero-order chi connectivity index (χ0) is 8.65. The van der Waals surface area contributed by atoms with E-state index >= 15 is 0 Å². The Morgan fingerprint density at radius 3 is 3.08 bits per heavy atom. The van der Waals surface area contributed by atoms with Crippen molar-refractivity contribution in [1.82, 2.24) is 20.8 Å². The van der Waals surface area contributed by atoms with E-state index < -0.39 is 0 Å². The van der Waals surface area contributed by atoms with Gasteiger partial charge in [0.1, 0.15) is 0 Å². The van der Waals surface area contributed by atoms with Crippen LogP contribution in [-0.2, 0) is 6.54 Å². The summed E-state index contributed by atoms with van der Waals surface area (Å²) in [5, 5.41) is 13.1. The quantitative estimate of drug-likeness (QED) is 0.528. The second-order valence-corrected chi connectivity index (χ2v) is 2.74. The van der Waals surface area contributed by atoms with Gasteiger partial charge in [-0.3, -0.25) is 5.10 Å². The van der Waals surface area contributed by atoms with E-state index in [0.29, 0.717) is 0 Å². The molecule has 0 unspecified atom stereocenters. The fraction of sp³-hybridized carbons (Fsp3) is 0.625. The highest BCUT2D eigenvalue weighted by molar-refractivity contribution is 5.01. The van der Waals surface area contributed by atoms with Crippen molar-refractivity contribution in [2.75, 3.05) is 20.1 Å². The number of hydrogen-bond acceptors (Lipinski definition) is 3. The van der Waals surface area contributed by atoms with Crippen LogP contribution in [0.1, 0.15) is 12.0 Å². The molecule has 0 aliphatic rings. The van der Waals surface area contributed by atoms with E-state index in [1.54, 1.807) is 0 Å². The molecule has 0 saturated heterocycles. The molecule has 0 atom stereocenters. The number of nitrogens with one attached hydrogen (secondary N) is 3. The molecule has 0 radical (unpaired) electrons. The van der Waals surface area contributed by atoms with E-state index in [0.717, 1.165) is 26.1 Å². The molecule has 0 spiro atoms. The number of H-pyrrole nitrogens is 1. The highest BCUT2D eigenvalue weighted by Gasteiger charge is 1.91. The van der Waals surface area contributed by atoms with E-state index in [-0.39, 0.29) is 0 Å². The highest BCUT2D eigenvalue weighted by atomic mass is 15.1. The van der Waals surface area contributed by atoms with Gasteiger partial charge >= 0.3 is 0 Å². The van der Waals surface area contributed by atoms with E-state index in [4.69, 9.17) is 0 Å². The lowest BCUT2D eigenvalue weighted by Crippen LogP contribution is -2.19. The molecule has 1 heterocycles. The van der Waals surface area contributed by atoms with Crippen molar-refractivity contribution in [2.24, 2.45) is 0 Å². The van der Waals surface area contributed by atoms with Crippen LogP contribution in [0.3, 0.4) is 0 Å². The first kappa shape index (κ1) is 9.22. The minimum absolute atomic E-state index is 0.903. The third-order valence-corrected chi connectivity index (χ3v) is 1.66. The Bertz CT molecular complexity index is 183. The Labute approximate surface area is 72.8 Å². The number of aromatic amines is 1. The van der Waals surface area contributed by atoms with Gasteiger partial charge in [0.25, 0.3) is 0 Å². The van der Waals surface area contributed by atoms with Crippen molar-refractivity contribution in [2.45, 2.75) is 13.0 Å². The number of aromatic nitrogens is 2. The van der Waals surface area contributed by atoms with Crippen molar-refractivity contribution in [1.29, 1.82) is 0 Å². The molecule has 3 N–H and O–H groups in total. The fourth-order valence-corrected chi connectivity index (χ4v) is 0.997. The standard InChI is InChI=1S/C8H16N4/c1-9-3-2-4-10-5-8-6-11-12-7-8/h6-7,9-10H,2-5H2,1H3,(H,11,12). The molecular formula is C8H16N4. The van der Waals surface area contributed by atoms with Crippen LogP contribution in [0.4, 0.5) is 0 Å². The lowest BCUT2D eigenvalue weighted by molar-refractivity contribution is 0.625. The SMILES string of the molecule is CNCCCNCc1cn[nH]c1. The third kappa shape index (κ3) is 3.50. The number of rotatable bonds is 6. The zero-order valence-corrected chi connectivity index (χ0v) is 7.43. The monoisotopic (exact) mass is 168 g/mol. The first-order valence-corrected chi connectivity index (χ1v) is 4.26. The molecule has 1 aromatic rings. The summed E-state index contributed by atoms with van der Waals surface area (Å²) in [4.78, 5) is 0. The molecule has 0 aliphatic heterocycles. The lowest BCUT2D eigenvalue weighted by Gasteiger charge is -2.01. The Morgan fingerprint density at radius 2 is 2.42 bits per heavy atom. The molecule has 0 aromatic carbocycles. The van der Waals surface area contributed by atoms with Crippen LogP contribution in [0.15, 0.2) is 12.4 Å². The summed E-state index contributed by atoms with van der Waals surface area (Å²) in [6.07, 6.45) is 4.91. The van der Waals surface area contributed by atoms with Crippen molar-refractivity contribution in [3.05, 3.63) is 18.0 Å². The van der Waals surface area contributed by atoms with Crippen molar-refractivity contribution in [3.8, 4) is 0 Å². The largest absolute Gasteiger partial charge is 0.320 e. The maximum atomic E-state index is 3.86. The van der Waals surface area contributed by atoms with Gasteiger partial charge in [-0.05, 0) is 26.6 Å². The maximum Gasteiger partial charge on any atom is 0.0532 e. The molecular weight excluding hydrogens is 152 g/mol. The van der Waals surface area contributed by atoms with Crippen LogP contribution < -0.4 is 10.6 Å². The smallest absolute Gasteiger partial charge is 0.0532 e. The Hall–Kier alpha value is -0.870. The molecule has 12 heavy (non-hydrogen) atoms. The molecule has 0 saturated carbocycles. The predicted molar refractivity (Wildman–Crippen MR) is 48.8 cm³/mol. The van der Waals surface area contributed by atoms with Crippen LogP contribution in [0.25, 0.3) is 0 Å². The van der Waals surface area contributed by atoms with Gasteiger partial charge < -0.3 is 10.6 Å². The van der Waals surface area contributed by atoms with Crippen LogP contribution in [-0.4, -0.2) is 30.3 Å². The second-order valence-electron chi connectivity index (χ2n) is 2.74. The highest BCUT2D eigenvalue weighted by Crippen LogP contribution is 1.91. The molecule has 4 nitrogen and oxygen atoms in total. The van der Waals surface area contributed by atoms with Crippen molar-refractivity contribution < 1.29 is 0 Å². The van der Waals surface area contributed by atoms with Gasteiger partial charge in [0, 0.05) is 18.3 Å². The summed E-state index contributed by atoms with van der Waals surface area (Å²) in [7, 11) is 1.97. The lowest BCUT2D eigenvalue weighted by atomic mass is 10.3. The minimum atomic E-state index is 0.903. The van der Waals surface area contributed by atoms with Gasteiger partial charge in [-0.2, -0.15) is 5.10 Å². The van der Waals surface area contributed by atoms with E-state index in [1.165, 1.54) is 5.56 Å². The van der Waals surface area contributed by atoms with Gasteiger partial charge in [-0.25, -0.2) is 0 Å². The molecule has 0 fully saturated rings. The maximum absolute atomic E-state index is 3.86. The van der Waals surface area contributed by atoms with E-state index in [2.05, 4.69) is 20.8 Å². The first-order valence-electron chi connectivity index (χ1n) is 4.26. The van der Waals surface area contributed by atoms with Gasteiger partial charge in [-0.1, -0.05) is 0 Å². The van der Waals surface area contributed by atoms with Crippen molar-refractivity contribution in [3.63, 3.8) is 0 Å². The summed E-state index contributed by atoms with van der Waals surface area (Å²) in [5.74, 6) is 0. The topological polar surface area (TPSA) is 52.7 Å². The van der Waals surface area contributed by atoms with Crippen molar-refractivity contribution >= 4 is 0 Å². The molecule has 4 heteroatoms. The average Bonchev–Trinajstić information content (AvgIpc) is 2.57. The summed E-state index contributed by atoms with van der Waals surface area (Å²) < 4.78 is 0. The molecule has 68 valence electrons. The van der Waals surface area contributed by atoms with Crippen LogP contribution in [0.2, 0.25) is 0 Å². The Morgan fingerprint density at radius 1 is 1.50 bits per heavy atom. The number of nitrogens with zero attached hydrogens (tertiary/aromatic N) is 1. The molecule has 0 amide bonds.